The number of halogens is 3. The summed E-state index contributed by atoms with van der Waals surface area (Å²) in [5, 5.41) is 0. The number of hydrogen-bond donors (Lipinski definition) is 1. The zero-order chi connectivity index (χ0) is 6.50. The molecule has 1 nitrogen and oxygen atoms in total. The largest absolute Gasteiger partial charge is 0.333 e. The van der Waals surface area contributed by atoms with Crippen molar-refractivity contribution in [2.45, 2.75) is 19.8 Å². The quantitative estimate of drug-likeness (QED) is 0.554. The molecule has 0 fully saturated rings. The van der Waals surface area contributed by atoms with Crippen molar-refractivity contribution >= 4 is 12.4 Å². The first-order valence-corrected chi connectivity index (χ1v) is 1.96. The molecule has 0 aromatic heterocycles. The number of alkyl halides is 2. The Morgan fingerprint density at radius 1 is 1.12 bits per heavy atom. The summed E-state index contributed by atoms with van der Waals surface area (Å²) in [6.45, 7) is 1.71. The van der Waals surface area contributed by atoms with E-state index in [0.29, 0.717) is 0 Å². The molecule has 0 radical (unpaired) electrons. The van der Waals surface area contributed by atoms with E-state index in [1.54, 1.807) is 0 Å². The van der Waals surface area contributed by atoms with Crippen LogP contribution in [-0.4, -0.2) is 13.0 Å². The van der Waals surface area contributed by atoms with Gasteiger partial charge < -0.3 is 5.73 Å². The van der Waals surface area contributed by atoms with Gasteiger partial charge in [0.2, 0.25) is 5.92 Å². The van der Waals surface area contributed by atoms with Gasteiger partial charge in [-0.25, -0.2) is 8.78 Å². The van der Waals surface area contributed by atoms with E-state index < -0.39 is 5.92 Å². The van der Waals surface area contributed by atoms with Gasteiger partial charge in [0, 0.05) is 0 Å². The highest BCUT2D eigenvalue weighted by Crippen LogP contribution is 2.06. The van der Waals surface area contributed by atoms with Crippen molar-refractivity contribution in [1.82, 2.24) is 0 Å². The van der Waals surface area contributed by atoms with Gasteiger partial charge in [-0.05, 0) is 20.9 Å². The summed E-state index contributed by atoms with van der Waals surface area (Å²) >= 11 is 0. The van der Waals surface area contributed by atoms with Gasteiger partial charge in [0.05, 0.1) is 0 Å². The molecule has 0 saturated heterocycles. The van der Waals surface area contributed by atoms with Crippen LogP contribution in [0.2, 0.25) is 0 Å². The van der Waals surface area contributed by atoms with E-state index in [1.165, 1.54) is 7.05 Å². The summed E-state index contributed by atoms with van der Waals surface area (Å²) in [5.41, 5.74) is 4.50. The summed E-state index contributed by atoms with van der Waals surface area (Å²) in [5.74, 6) is -2.50. The van der Waals surface area contributed by atoms with Crippen molar-refractivity contribution in [1.29, 1.82) is 0 Å². The third kappa shape index (κ3) is 13200. The van der Waals surface area contributed by atoms with Crippen LogP contribution in [0.5, 0.6) is 0 Å². The maximum absolute atomic E-state index is 11.0. The molecular formula is C4H12ClF2N. The first-order valence-electron chi connectivity index (χ1n) is 1.96. The zero-order valence-corrected chi connectivity index (χ0v) is 6.06. The minimum atomic E-state index is -2.50. The van der Waals surface area contributed by atoms with Crippen LogP contribution < -0.4 is 5.73 Å². The van der Waals surface area contributed by atoms with Crippen LogP contribution >= 0.6 is 12.4 Å². The van der Waals surface area contributed by atoms with E-state index >= 15 is 0 Å². The minimum Gasteiger partial charge on any atom is -0.333 e. The summed E-state index contributed by atoms with van der Waals surface area (Å²) in [7, 11) is 1.50. The molecule has 0 aromatic carbocycles. The van der Waals surface area contributed by atoms with Crippen molar-refractivity contribution in [3.8, 4) is 0 Å². The second kappa shape index (κ2) is 7.11. The van der Waals surface area contributed by atoms with Crippen LogP contribution in [0.3, 0.4) is 0 Å². The topological polar surface area (TPSA) is 26.0 Å². The fourth-order valence-electron chi connectivity index (χ4n) is 0. The second-order valence-electron chi connectivity index (χ2n) is 1.33. The molecule has 8 heavy (non-hydrogen) atoms. The molecule has 0 aliphatic rings. The zero-order valence-electron chi connectivity index (χ0n) is 5.24. The van der Waals surface area contributed by atoms with Gasteiger partial charge in [0.25, 0.3) is 0 Å². The lowest BCUT2D eigenvalue weighted by atomic mass is 10.5. The molecule has 0 spiro atoms. The Labute approximate surface area is 54.7 Å². The molecule has 0 atom stereocenters. The Kier molecular flexibility index (Phi) is 14.0. The van der Waals surface area contributed by atoms with E-state index in [9.17, 15) is 8.78 Å². The van der Waals surface area contributed by atoms with Gasteiger partial charge in [-0.15, -0.1) is 12.4 Å². The van der Waals surface area contributed by atoms with Crippen molar-refractivity contribution in [3.63, 3.8) is 0 Å². The smallest absolute Gasteiger partial charge is 0.242 e. The van der Waals surface area contributed by atoms with Crippen LogP contribution in [0.1, 0.15) is 13.8 Å². The molecule has 0 aliphatic heterocycles. The molecule has 4 heteroatoms. The SMILES string of the molecule is CC(C)(F)F.CN.Cl. The summed E-state index contributed by atoms with van der Waals surface area (Å²) in [6, 6.07) is 0. The van der Waals surface area contributed by atoms with E-state index in [1.807, 2.05) is 0 Å². The van der Waals surface area contributed by atoms with Crippen molar-refractivity contribution in [2.75, 3.05) is 7.05 Å². The van der Waals surface area contributed by atoms with E-state index in [4.69, 9.17) is 0 Å². The number of hydrogen-bond acceptors (Lipinski definition) is 1. The third-order valence-electron chi connectivity index (χ3n) is 0. The number of rotatable bonds is 0. The van der Waals surface area contributed by atoms with Crippen LogP contribution in [-0.2, 0) is 0 Å². The molecule has 0 unspecified atom stereocenters. The molecule has 0 aliphatic carbocycles. The fraction of sp³-hybridized carbons (Fsp3) is 1.00. The Morgan fingerprint density at radius 3 is 1.12 bits per heavy atom. The Hall–Kier alpha value is 0.110. The molecule has 0 aromatic rings. The molecule has 0 amide bonds. The van der Waals surface area contributed by atoms with Crippen LogP contribution in [0.25, 0.3) is 0 Å². The van der Waals surface area contributed by atoms with Gasteiger partial charge >= 0.3 is 0 Å². The molecule has 2 N–H and O–H groups in total. The maximum atomic E-state index is 11.0. The minimum absolute atomic E-state index is 0. The van der Waals surface area contributed by atoms with Gasteiger partial charge in [-0.2, -0.15) is 0 Å². The predicted molar refractivity (Wildman–Crippen MR) is 33.7 cm³/mol. The lowest BCUT2D eigenvalue weighted by molar-refractivity contribution is 0.0437. The Morgan fingerprint density at radius 2 is 1.12 bits per heavy atom. The van der Waals surface area contributed by atoms with Gasteiger partial charge in [-0.1, -0.05) is 0 Å². The van der Waals surface area contributed by atoms with Crippen molar-refractivity contribution < 1.29 is 8.78 Å². The lowest BCUT2D eigenvalue weighted by Gasteiger charge is -1.94. The highest BCUT2D eigenvalue weighted by molar-refractivity contribution is 5.85. The predicted octanol–water partition coefficient (Wildman–Crippen LogP) is 1.66. The van der Waals surface area contributed by atoms with Gasteiger partial charge in [-0.3, -0.25) is 0 Å². The monoisotopic (exact) mass is 147 g/mol. The summed E-state index contributed by atoms with van der Waals surface area (Å²) < 4.78 is 22.0. The second-order valence-corrected chi connectivity index (χ2v) is 1.33. The number of nitrogens with two attached hydrogens (primary N) is 1. The Balaban J connectivity index is -0.0000000750. The van der Waals surface area contributed by atoms with Crippen LogP contribution in [0, 0.1) is 0 Å². The average molecular weight is 148 g/mol. The van der Waals surface area contributed by atoms with Crippen molar-refractivity contribution in [3.05, 3.63) is 0 Å². The van der Waals surface area contributed by atoms with Gasteiger partial charge in [0.1, 0.15) is 0 Å². The van der Waals surface area contributed by atoms with Crippen LogP contribution in [0.15, 0.2) is 0 Å². The molecule has 0 rings (SSSR count). The fourth-order valence-corrected chi connectivity index (χ4v) is 0. The highest BCUT2D eigenvalue weighted by atomic mass is 35.5. The van der Waals surface area contributed by atoms with E-state index in [0.717, 1.165) is 13.8 Å². The molecule has 0 saturated carbocycles. The van der Waals surface area contributed by atoms with E-state index in [2.05, 4.69) is 5.73 Å². The molecule has 0 bridgehead atoms. The highest BCUT2D eigenvalue weighted by Gasteiger charge is 2.08. The Bertz CT molecular complexity index is 29.5. The third-order valence-corrected chi connectivity index (χ3v) is 0. The molecule has 54 valence electrons. The molecular weight excluding hydrogens is 136 g/mol. The first kappa shape index (κ1) is 15.7. The molecule has 0 heterocycles. The normalized spacial score (nSPS) is 8.25. The lowest BCUT2D eigenvalue weighted by Crippen LogP contribution is -1.98. The average Bonchev–Trinajstić information content (AvgIpc) is 1.36. The summed E-state index contributed by atoms with van der Waals surface area (Å²) in [6.07, 6.45) is 0. The van der Waals surface area contributed by atoms with E-state index in [-0.39, 0.29) is 12.4 Å². The van der Waals surface area contributed by atoms with Crippen molar-refractivity contribution in [2.24, 2.45) is 5.73 Å². The summed E-state index contributed by atoms with van der Waals surface area (Å²) in [4.78, 5) is 0. The van der Waals surface area contributed by atoms with Gasteiger partial charge in [0.15, 0.2) is 0 Å². The first-order chi connectivity index (χ1) is 3.00. The standard InChI is InChI=1S/C3H6F2.CH5N.ClH/c1-3(2,4)5;1-2;/h1-2H3;2H2,1H3;1H. The van der Waals surface area contributed by atoms with Crippen LogP contribution in [0.4, 0.5) is 8.78 Å². The maximum Gasteiger partial charge on any atom is 0.242 e.